The molecule has 290 valence electrons. The summed E-state index contributed by atoms with van der Waals surface area (Å²) < 4.78 is 20.6. The van der Waals surface area contributed by atoms with Gasteiger partial charge in [-0.2, -0.15) is 0 Å². The number of amides is 2. The fourth-order valence-electron chi connectivity index (χ4n) is 8.50. The van der Waals surface area contributed by atoms with Crippen LogP contribution in [0.3, 0.4) is 0 Å². The third-order valence-electron chi connectivity index (χ3n) is 11.1. The van der Waals surface area contributed by atoms with E-state index in [0.29, 0.717) is 58.3 Å². The van der Waals surface area contributed by atoms with Crippen LogP contribution in [0.1, 0.15) is 48.5 Å². The molecular weight excluding hydrogens is 779 g/mol. The summed E-state index contributed by atoms with van der Waals surface area (Å²) in [7, 11) is 6.47. The van der Waals surface area contributed by atoms with Gasteiger partial charge < -0.3 is 34.0 Å². The predicted octanol–water partition coefficient (Wildman–Crippen LogP) is 8.44. The summed E-state index contributed by atoms with van der Waals surface area (Å²) in [4.78, 5) is 43.5. The Balaban J connectivity index is 0.958. The SMILES string of the molecule is COc1cc2c(cc1OCc1cc(COc3cc4c(cc3C)C(=O)N3c5ccccc5C[C@H]3CN4)cc([N+](=O)[O-])c1)N(P(P)P)C[C@@H]1Cc3ccccc3N1C2=O. The zero-order valence-corrected chi connectivity index (χ0v) is 34.5. The average Bonchev–Trinajstić information content (AvgIpc) is 3.70. The molecular formula is C42H40N5O7P3. The Labute approximate surface area is 335 Å². The van der Waals surface area contributed by atoms with Crippen molar-refractivity contribution in [2.24, 2.45) is 0 Å². The normalized spacial score (nSPS) is 17.7. The van der Waals surface area contributed by atoms with Gasteiger partial charge >= 0.3 is 0 Å². The van der Waals surface area contributed by atoms with Crippen LogP contribution >= 0.6 is 25.3 Å². The van der Waals surface area contributed by atoms with Gasteiger partial charge in [0.05, 0.1) is 46.6 Å². The molecule has 4 atom stereocenters. The first-order chi connectivity index (χ1) is 27.6. The second-order valence-corrected chi connectivity index (χ2v) is 20.9. The molecule has 4 heterocycles. The summed E-state index contributed by atoms with van der Waals surface area (Å²) in [5, 5.41) is 15.6. The molecule has 15 heteroatoms. The summed E-state index contributed by atoms with van der Waals surface area (Å²) in [6, 6.07) is 28.1. The molecule has 2 amide bonds. The lowest BCUT2D eigenvalue weighted by atomic mass is 10.1. The molecule has 0 fully saturated rings. The van der Waals surface area contributed by atoms with Gasteiger partial charge in [0.25, 0.3) is 17.5 Å². The molecule has 4 aliphatic rings. The molecule has 57 heavy (non-hydrogen) atoms. The van der Waals surface area contributed by atoms with E-state index in [1.807, 2.05) is 77.4 Å². The number of carbonyl (C=O) groups excluding carboxylic acids is 2. The Morgan fingerprint density at radius 3 is 2.04 bits per heavy atom. The minimum Gasteiger partial charge on any atom is -0.493 e. The van der Waals surface area contributed by atoms with Crippen LogP contribution in [0.15, 0.2) is 91.0 Å². The van der Waals surface area contributed by atoms with E-state index in [1.165, 1.54) is 19.2 Å². The number of nitrogens with zero attached hydrogens (tertiary/aromatic N) is 4. The lowest BCUT2D eigenvalue weighted by Crippen LogP contribution is -2.40. The average molecular weight is 820 g/mol. The van der Waals surface area contributed by atoms with Crippen LogP contribution in [-0.4, -0.2) is 49.0 Å². The molecule has 0 spiro atoms. The number of hydrogen-bond donors (Lipinski definition) is 1. The molecule has 1 N–H and O–H groups in total. The Bertz CT molecular complexity index is 2480. The number of hydrogen-bond acceptors (Lipinski definition) is 9. The van der Waals surface area contributed by atoms with Crippen LogP contribution in [0.2, 0.25) is 0 Å². The molecule has 5 aromatic carbocycles. The highest BCUT2D eigenvalue weighted by Crippen LogP contribution is 2.60. The Kier molecular flexibility index (Phi) is 9.76. The van der Waals surface area contributed by atoms with Gasteiger partial charge in [-0.15, -0.1) is 0 Å². The highest BCUT2D eigenvalue weighted by molar-refractivity contribution is 8.43. The third-order valence-corrected chi connectivity index (χ3v) is 13.8. The van der Waals surface area contributed by atoms with Crippen LogP contribution < -0.4 is 34.0 Å². The molecule has 12 nitrogen and oxygen atoms in total. The van der Waals surface area contributed by atoms with Gasteiger partial charge in [0.1, 0.15) is 19.0 Å². The number of fused-ring (bicyclic) bond motifs is 8. The van der Waals surface area contributed by atoms with Crippen LogP contribution in [0, 0.1) is 17.0 Å². The molecule has 0 saturated heterocycles. The third kappa shape index (κ3) is 6.74. The monoisotopic (exact) mass is 819 g/mol. The van der Waals surface area contributed by atoms with E-state index in [4.69, 9.17) is 14.2 Å². The second kappa shape index (κ2) is 14.9. The molecule has 0 saturated carbocycles. The standard InChI is InChI=1S/C42H40N5O7P3/c1-24-11-32-34(43-20-30-15-27-7-3-5-9-35(27)45(30)41(32)48)18-38(24)53-22-25-12-26(14-29(13-25)47(50)51)23-54-40-19-37-33(17-39(40)52-2)42(49)46-31(21-44(37)57(55)56)16-28-8-4-6-10-36(28)46/h3-14,17-19,30-31,43H,15-16,20-23,55-56H2,1-2H3/t30-,31-/m0/s1. The van der Waals surface area contributed by atoms with Crippen LogP contribution in [0.4, 0.5) is 28.4 Å². The van der Waals surface area contributed by atoms with Gasteiger partial charge in [-0.25, -0.2) is 0 Å². The first-order valence-corrected chi connectivity index (χ1v) is 23.1. The quantitative estimate of drug-likeness (QED) is 0.0886. The fourth-order valence-corrected chi connectivity index (χ4v) is 10.6. The van der Waals surface area contributed by atoms with E-state index >= 15 is 0 Å². The lowest BCUT2D eigenvalue weighted by Gasteiger charge is -2.31. The molecule has 0 aromatic heterocycles. The van der Waals surface area contributed by atoms with Gasteiger partial charge in [-0.3, -0.25) is 19.7 Å². The van der Waals surface area contributed by atoms with Crippen molar-refractivity contribution in [1.82, 2.24) is 0 Å². The van der Waals surface area contributed by atoms with Crippen molar-refractivity contribution in [3.63, 3.8) is 0 Å². The number of aryl methyl sites for hydroxylation is 1. The van der Waals surface area contributed by atoms with Gasteiger partial charge in [0, 0.05) is 56.2 Å². The minimum atomic E-state index is -0.801. The largest absolute Gasteiger partial charge is 0.493 e. The lowest BCUT2D eigenvalue weighted by molar-refractivity contribution is -0.385. The van der Waals surface area contributed by atoms with Crippen molar-refractivity contribution in [2.45, 2.75) is 45.1 Å². The number of nitro groups is 1. The molecule has 5 aromatic rings. The number of ether oxygens (including phenoxy) is 3. The van der Waals surface area contributed by atoms with Crippen LogP contribution in [-0.2, 0) is 26.1 Å². The van der Waals surface area contributed by atoms with Crippen molar-refractivity contribution >= 4 is 65.6 Å². The van der Waals surface area contributed by atoms with Gasteiger partial charge in [0.15, 0.2) is 11.5 Å². The van der Waals surface area contributed by atoms with E-state index in [0.717, 1.165) is 46.6 Å². The first-order valence-electron chi connectivity index (χ1n) is 18.6. The number of benzene rings is 5. The number of para-hydroxylation sites is 2. The van der Waals surface area contributed by atoms with E-state index in [-0.39, 0.29) is 42.8 Å². The smallest absolute Gasteiger partial charge is 0.270 e. The molecule has 2 unspecified atom stereocenters. The van der Waals surface area contributed by atoms with Crippen molar-refractivity contribution in [3.05, 3.63) is 140 Å². The van der Waals surface area contributed by atoms with Crippen molar-refractivity contribution in [3.8, 4) is 17.2 Å². The summed E-state index contributed by atoms with van der Waals surface area (Å²) in [5.74, 6) is 1.22. The number of methoxy groups -OCH3 is 1. The second-order valence-electron chi connectivity index (χ2n) is 14.7. The van der Waals surface area contributed by atoms with Crippen LogP contribution in [0.5, 0.6) is 17.2 Å². The van der Waals surface area contributed by atoms with Gasteiger partial charge in [0.2, 0.25) is 0 Å². The van der Waals surface area contributed by atoms with E-state index in [9.17, 15) is 19.7 Å². The van der Waals surface area contributed by atoms with E-state index < -0.39 is 12.4 Å². The number of non-ortho nitro benzene ring substituents is 1. The number of nitro benzene ring substituents is 1. The summed E-state index contributed by atoms with van der Waals surface area (Å²) in [6.07, 6.45) is 1.55. The zero-order valence-electron chi connectivity index (χ0n) is 31.3. The molecule has 0 radical (unpaired) electrons. The molecule has 0 aliphatic carbocycles. The number of rotatable bonds is 9. The number of carbonyl (C=O) groups is 2. The Morgan fingerprint density at radius 2 is 1.39 bits per heavy atom. The maximum Gasteiger partial charge on any atom is 0.270 e. The first kappa shape index (κ1) is 37.3. The Morgan fingerprint density at radius 1 is 0.772 bits per heavy atom. The Hall–Kier alpha value is -5.27. The number of anilines is 4. The molecule has 9 rings (SSSR count). The summed E-state index contributed by atoms with van der Waals surface area (Å²) in [6.45, 7) is 3.17. The fraction of sp³-hybridized carbons (Fsp3) is 0.238. The van der Waals surface area contributed by atoms with Gasteiger partial charge in [-0.1, -0.05) is 54.3 Å². The van der Waals surface area contributed by atoms with Crippen molar-refractivity contribution < 1.29 is 28.7 Å². The van der Waals surface area contributed by atoms with Crippen molar-refractivity contribution in [1.29, 1.82) is 0 Å². The summed E-state index contributed by atoms with van der Waals surface area (Å²) in [5.41, 5.74) is 8.55. The van der Waals surface area contributed by atoms with Gasteiger partial charge in [-0.05, 0) is 77.9 Å². The highest BCUT2D eigenvalue weighted by atomic mass is 32.4. The maximum absolute atomic E-state index is 14.2. The zero-order chi connectivity index (χ0) is 39.5. The predicted molar refractivity (Wildman–Crippen MR) is 230 cm³/mol. The van der Waals surface area contributed by atoms with E-state index in [1.54, 1.807) is 6.07 Å². The van der Waals surface area contributed by atoms with Crippen molar-refractivity contribution in [2.75, 3.05) is 40.0 Å². The topological polar surface area (TPSA) is 127 Å². The molecule has 4 aliphatic heterocycles. The van der Waals surface area contributed by atoms with E-state index in [2.05, 4.69) is 40.0 Å². The molecule has 0 bridgehead atoms. The highest BCUT2D eigenvalue weighted by Gasteiger charge is 2.41. The number of nitrogens with one attached hydrogen (secondary N) is 1. The van der Waals surface area contributed by atoms with Crippen LogP contribution in [0.25, 0.3) is 0 Å². The summed E-state index contributed by atoms with van der Waals surface area (Å²) >= 11 is 0. The minimum absolute atomic E-state index is 0.00110. The maximum atomic E-state index is 14.2.